The van der Waals surface area contributed by atoms with Crippen molar-refractivity contribution in [2.75, 3.05) is 5.32 Å². The molecule has 1 saturated heterocycles. The number of nitrogens with zero attached hydrogens (tertiary/aromatic N) is 1. The molecule has 6 heteroatoms. The maximum absolute atomic E-state index is 12.9. The van der Waals surface area contributed by atoms with Gasteiger partial charge in [0, 0.05) is 5.69 Å². The van der Waals surface area contributed by atoms with Gasteiger partial charge < -0.3 is 10.6 Å². The van der Waals surface area contributed by atoms with Gasteiger partial charge in [0.2, 0.25) is 11.8 Å². The second kappa shape index (κ2) is 6.27. The zero-order valence-electron chi connectivity index (χ0n) is 14.9. The van der Waals surface area contributed by atoms with Crippen LogP contribution in [0.4, 0.5) is 10.5 Å². The van der Waals surface area contributed by atoms with Crippen molar-refractivity contribution in [1.29, 1.82) is 0 Å². The van der Waals surface area contributed by atoms with Crippen LogP contribution in [0, 0.1) is 30.6 Å². The molecule has 136 valence electrons. The van der Waals surface area contributed by atoms with Gasteiger partial charge in [-0.05, 0) is 56.2 Å². The topological polar surface area (TPSA) is 78.5 Å². The lowest BCUT2D eigenvalue weighted by molar-refractivity contribution is -0.142. The summed E-state index contributed by atoms with van der Waals surface area (Å²) < 4.78 is 0. The minimum Gasteiger partial charge on any atom is -0.317 e. The Morgan fingerprint density at radius 1 is 1.12 bits per heavy atom. The van der Waals surface area contributed by atoms with E-state index in [-0.39, 0.29) is 35.5 Å². The number of amides is 4. The molecular formula is C20H23N3O3. The fourth-order valence-electron chi connectivity index (χ4n) is 4.62. The number of aryl methyl sites for hydroxylation is 1. The van der Waals surface area contributed by atoms with Gasteiger partial charge in [-0.15, -0.1) is 0 Å². The largest absolute Gasteiger partial charge is 0.320 e. The van der Waals surface area contributed by atoms with Crippen LogP contribution in [-0.2, 0) is 9.59 Å². The quantitative estimate of drug-likeness (QED) is 0.648. The first kappa shape index (κ1) is 16.8. The standard InChI is InChI=1S/C20H23N3O3/c1-11-4-3-5-15(10-11)22-20(26)21-12(2)23-18(24)16-13-6-7-14(9-8-13)17(16)19(23)25/h3-7,10,12-14,16-17H,8-9H2,1-2H3,(H2,21,22,26)/t12-,13+,14+,16-,17+/m1/s1. The maximum Gasteiger partial charge on any atom is 0.320 e. The van der Waals surface area contributed by atoms with E-state index in [0.717, 1.165) is 18.4 Å². The molecule has 1 saturated carbocycles. The summed E-state index contributed by atoms with van der Waals surface area (Å²) in [4.78, 5) is 39.3. The van der Waals surface area contributed by atoms with Crippen LogP contribution in [0.25, 0.3) is 0 Å². The lowest BCUT2D eigenvalue weighted by atomic mass is 9.63. The number of benzene rings is 1. The molecule has 0 spiro atoms. The van der Waals surface area contributed by atoms with Gasteiger partial charge in [-0.3, -0.25) is 14.5 Å². The molecule has 5 rings (SSSR count). The molecule has 1 heterocycles. The van der Waals surface area contributed by atoms with Gasteiger partial charge in [0.25, 0.3) is 0 Å². The van der Waals surface area contributed by atoms with Crippen molar-refractivity contribution in [3.8, 4) is 0 Å². The molecule has 0 unspecified atom stereocenters. The average molecular weight is 353 g/mol. The predicted molar refractivity (Wildman–Crippen MR) is 97.0 cm³/mol. The molecule has 0 radical (unpaired) electrons. The van der Waals surface area contributed by atoms with E-state index in [2.05, 4.69) is 22.8 Å². The van der Waals surface area contributed by atoms with Gasteiger partial charge in [0.15, 0.2) is 0 Å². The number of rotatable bonds is 3. The van der Waals surface area contributed by atoms with Crippen LogP contribution in [0.3, 0.4) is 0 Å². The number of hydrogen-bond donors (Lipinski definition) is 2. The summed E-state index contributed by atoms with van der Waals surface area (Å²) >= 11 is 0. The van der Waals surface area contributed by atoms with E-state index in [1.54, 1.807) is 13.0 Å². The van der Waals surface area contributed by atoms with Crippen LogP contribution < -0.4 is 10.6 Å². The third kappa shape index (κ3) is 2.69. The first-order chi connectivity index (χ1) is 12.5. The van der Waals surface area contributed by atoms with Gasteiger partial charge >= 0.3 is 6.03 Å². The lowest BCUT2D eigenvalue weighted by Gasteiger charge is -2.38. The van der Waals surface area contributed by atoms with Crippen molar-refractivity contribution in [1.82, 2.24) is 10.2 Å². The van der Waals surface area contributed by atoms with Crippen LogP contribution in [0.1, 0.15) is 25.3 Å². The van der Waals surface area contributed by atoms with Gasteiger partial charge in [0.05, 0.1) is 11.8 Å². The number of urea groups is 1. The molecule has 2 N–H and O–H groups in total. The van der Waals surface area contributed by atoms with Crippen molar-refractivity contribution in [3.63, 3.8) is 0 Å². The van der Waals surface area contributed by atoms with E-state index in [4.69, 9.17) is 0 Å². The van der Waals surface area contributed by atoms with Crippen LogP contribution in [0.5, 0.6) is 0 Å². The molecular weight excluding hydrogens is 330 g/mol. The molecule has 1 aromatic rings. The summed E-state index contributed by atoms with van der Waals surface area (Å²) in [5, 5.41) is 5.47. The molecule has 2 fully saturated rings. The summed E-state index contributed by atoms with van der Waals surface area (Å²) in [5.41, 5.74) is 1.71. The summed E-state index contributed by atoms with van der Waals surface area (Å²) in [5.74, 6) is -0.505. The number of carbonyl (C=O) groups is 3. The smallest absolute Gasteiger partial charge is 0.317 e. The number of hydrogen-bond acceptors (Lipinski definition) is 3. The van der Waals surface area contributed by atoms with Crippen molar-refractivity contribution in [3.05, 3.63) is 42.0 Å². The van der Waals surface area contributed by atoms with Crippen LogP contribution in [-0.4, -0.2) is 28.9 Å². The first-order valence-electron chi connectivity index (χ1n) is 9.15. The highest BCUT2D eigenvalue weighted by Gasteiger charge is 2.57. The number of carbonyl (C=O) groups excluding carboxylic acids is 3. The molecule has 5 atom stereocenters. The maximum atomic E-state index is 12.9. The molecule has 1 aromatic carbocycles. The van der Waals surface area contributed by atoms with Crippen LogP contribution in [0.15, 0.2) is 36.4 Å². The number of imide groups is 1. The minimum absolute atomic E-state index is 0.151. The number of fused-ring (bicyclic) bond motifs is 1. The average Bonchev–Trinajstić information content (AvgIpc) is 2.89. The molecule has 4 amide bonds. The molecule has 26 heavy (non-hydrogen) atoms. The van der Waals surface area contributed by atoms with Crippen LogP contribution >= 0.6 is 0 Å². The zero-order valence-corrected chi connectivity index (χ0v) is 14.9. The van der Waals surface area contributed by atoms with E-state index in [0.29, 0.717) is 5.69 Å². The highest BCUT2D eigenvalue weighted by Crippen LogP contribution is 2.49. The molecule has 6 nitrogen and oxygen atoms in total. The Morgan fingerprint density at radius 3 is 2.27 bits per heavy atom. The molecule has 3 aliphatic carbocycles. The molecule has 1 aliphatic heterocycles. The zero-order chi connectivity index (χ0) is 18.4. The Hall–Kier alpha value is -2.63. The minimum atomic E-state index is -0.676. The molecule has 0 aromatic heterocycles. The fourth-order valence-corrected chi connectivity index (χ4v) is 4.62. The highest BCUT2D eigenvalue weighted by molar-refractivity contribution is 6.06. The summed E-state index contributed by atoms with van der Waals surface area (Å²) in [6.45, 7) is 3.62. The normalized spacial score (nSPS) is 30.3. The van der Waals surface area contributed by atoms with E-state index in [1.165, 1.54) is 4.90 Å². The van der Waals surface area contributed by atoms with E-state index >= 15 is 0 Å². The molecule has 4 aliphatic rings. The third-order valence-electron chi connectivity index (χ3n) is 5.80. The first-order valence-corrected chi connectivity index (χ1v) is 9.15. The summed E-state index contributed by atoms with van der Waals surface area (Å²) in [6.07, 6.45) is 5.43. The number of nitrogens with one attached hydrogen (secondary N) is 2. The van der Waals surface area contributed by atoms with Crippen molar-refractivity contribution < 1.29 is 14.4 Å². The Kier molecular flexibility index (Phi) is 4.05. The Morgan fingerprint density at radius 2 is 1.73 bits per heavy atom. The van der Waals surface area contributed by atoms with Crippen molar-refractivity contribution in [2.45, 2.75) is 32.9 Å². The summed E-state index contributed by atoms with van der Waals surface area (Å²) in [6, 6.07) is 7.02. The fraction of sp³-hybridized carbons (Fsp3) is 0.450. The second-order valence-electron chi connectivity index (χ2n) is 7.53. The third-order valence-corrected chi connectivity index (χ3v) is 5.80. The predicted octanol–water partition coefficient (Wildman–Crippen LogP) is 2.66. The van der Waals surface area contributed by atoms with Crippen molar-refractivity contribution >= 4 is 23.5 Å². The lowest BCUT2D eigenvalue weighted by Crippen LogP contribution is -2.50. The Balaban J connectivity index is 1.45. The summed E-state index contributed by atoms with van der Waals surface area (Å²) in [7, 11) is 0. The van der Waals surface area contributed by atoms with Gasteiger partial charge in [-0.2, -0.15) is 0 Å². The van der Waals surface area contributed by atoms with E-state index in [9.17, 15) is 14.4 Å². The number of anilines is 1. The van der Waals surface area contributed by atoms with Gasteiger partial charge in [0.1, 0.15) is 6.17 Å². The van der Waals surface area contributed by atoms with Gasteiger partial charge in [-0.1, -0.05) is 24.3 Å². The number of likely N-dealkylation sites (tertiary alicyclic amines) is 1. The van der Waals surface area contributed by atoms with Crippen molar-refractivity contribution in [2.24, 2.45) is 23.7 Å². The van der Waals surface area contributed by atoms with E-state index < -0.39 is 12.2 Å². The van der Waals surface area contributed by atoms with E-state index in [1.807, 2.05) is 25.1 Å². The Labute approximate surface area is 152 Å². The SMILES string of the molecule is Cc1cccc(NC(=O)N[C@@H](C)N2C(=O)[C@@H]3[C@H](C2=O)[C@H]2C=C[C@H]3CC2)c1. The molecule has 2 bridgehead atoms. The van der Waals surface area contributed by atoms with Crippen LogP contribution in [0.2, 0.25) is 0 Å². The number of allylic oxidation sites excluding steroid dienone is 2. The second-order valence-corrected chi connectivity index (χ2v) is 7.53. The highest BCUT2D eigenvalue weighted by atomic mass is 16.2. The Bertz CT molecular complexity index is 771. The van der Waals surface area contributed by atoms with Gasteiger partial charge in [-0.25, -0.2) is 4.79 Å². The monoisotopic (exact) mass is 353 g/mol.